The number of aliphatic imine (C=N–C) groups is 1. The van der Waals surface area contributed by atoms with E-state index in [-0.39, 0.29) is 18.2 Å². The molecular weight excluding hydrogens is 385 g/mol. The Bertz CT molecular complexity index is 927. The minimum absolute atomic E-state index is 0.191. The summed E-state index contributed by atoms with van der Waals surface area (Å²) in [6.07, 6.45) is -0.312. The third-order valence-corrected chi connectivity index (χ3v) is 5.06. The van der Waals surface area contributed by atoms with Gasteiger partial charge in [-0.3, -0.25) is 14.6 Å². The Morgan fingerprint density at radius 3 is 2.70 bits per heavy atom. The van der Waals surface area contributed by atoms with Crippen molar-refractivity contribution in [2.45, 2.75) is 25.9 Å². The van der Waals surface area contributed by atoms with Crippen LogP contribution in [0.25, 0.3) is 0 Å². The topological polar surface area (TPSA) is 61.8 Å². The molecule has 1 aliphatic heterocycles. The molecule has 0 fully saturated rings. The van der Waals surface area contributed by atoms with E-state index in [4.69, 9.17) is 23.2 Å². The van der Waals surface area contributed by atoms with Crippen molar-refractivity contribution in [3.8, 4) is 0 Å². The van der Waals surface area contributed by atoms with Gasteiger partial charge < -0.3 is 10.2 Å². The van der Waals surface area contributed by atoms with Gasteiger partial charge in [0.05, 0.1) is 5.69 Å². The molecule has 0 bridgehead atoms. The maximum atomic E-state index is 12.7. The summed E-state index contributed by atoms with van der Waals surface area (Å²) in [5.41, 5.74) is 3.17. The number of halogens is 2. The number of amides is 2. The number of benzene rings is 2. The van der Waals surface area contributed by atoms with E-state index in [2.05, 4.69) is 10.3 Å². The lowest BCUT2D eigenvalue weighted by Gasteiger charge is -2.20. The second-order valence-electron chi connectivity index (χ2n) is 6.33. The molecule has 140 valence electrons. The van der Waals surface area contributed by atoms with Crippen molar-refractivity contribution in [2.75, 3.05) is 11.9 Å². The van der Waals surface area contributed by atoms with Gasteiger partial charge in [-0.1, -0.05) is 47.5 Å². The summed E-state index contributed by atoms with van der Waals surface area (Å²) in [6.45, 7) is 1.83. The molecule has 0 saturated heterocycles. The van der Waals surface area contributed by atoms with Crippen molar-refractivity contribution in [3.63, 3.8) is 0 Å². The Morgan fingerprint density at radius 2 is 1.96 bits per heavy atom. The Morgan fingerprint density at radius 1 is 1.22 bits per heavy atom. The number of carbonyl (C=O) groups is 2. The first-order chi connectivity index (χ1) is 12.9. The molecular formula is C20H19Cl2N3O2. The van der Waals surface area contributed by atoms with Crippen molar-refractivity contribution in [3.05, 3.63) is 63.6 Å². The van der Waals surface area contributed by atoms with Crippen molar-refractivity contribution in [1.29, 1.82) is 0 Å². The Kier molecular flexibility index (Phi) is 5.82. The average Bonchev–Trinajstić information content (AvgIpc) is 2.73. The SMILES string of the molecule is CC1=NC(NC(=O)CCc2ccc(Cl)cc2Cl)C(=O)N(C)c2ccccc21. The molecule has 0 aliphatic carbocycles. The molecule has 27 heavy (non-hydrogen) atoms. The van der Waals surface area contributed by atoms with Gasteiger partial charge in [0.1, 0.15) is 0 Å². The molecule has 7 heteroatoms. The van der Waals surface area contributed by atoms with Crippen molar-refractivity contribution < 1.29 is 9.59 Å². The number of aryl methyl sites for hydroxylation is 1. The fraction of sp³-hybridized carbons (Fsp3) is 0.250. The van der Waals surface area contributed by atoms with E-state index in [0.29, 0.717) is 22.2 Å². The van der Waals surface area contributed by atoms with Crippen LogP contribution in [-0.2, 0) is 16.0 Å². The number of nitrogens with one attached hydrogen (secondary N) is 1. The van der Waals surface area contributed by atoms with Crippen LogP contribution in [-0.4, -0.2) is 30.7 Å². The quantitative estimate of drug-likeness (QED) is 0.842. The van der Waals surface area contributed by atoms with Gasteiger partial charge in [0.15, 0.2) is 0 Å². The highest BCUT2D eigenvalue weighted by Gasteiger charge is 2.29. The third kappa shape index (κ3) is 4.31. The number of likely N-dealkylation sites (N-methyl/N-ethyl adjacent to an activating group) is 1. The van der Waals surface area contributed by atoms with E-state index in [1.165, 1.54) is 4.90 Å². The molecule has 5 nitrogen and oxygen atoms in total. The maximum Gasteiger partial charge on any atom is 0.272 e. The van der Waals surface area contributed by atoms with Gasteiger partial charge in [-0.05, 0) is 37.1 Å². The van der Waals surface area contributed by atoms with Gasteiger partial charge in [0.25, 0.3) is 5.91 Å². The zero-order valence-corrected chi connectivity index (χ0v) is 16.5. The zero-order valence-electron chi connectivity index (χ0n) is 15.0. The molecule has 0 aromatic heterocycles. The summed E-state index contributed by atoms with van der Waals surface area (Å²) in [4.78, 5) is 31.1. The minimum atomic E-state index is -0.949. The fourth-order valence-electron chi connectivity index (χ4n) is 2.98. The molecule has 2 aromatic rings. The van der Waals surface area contributed by atoms with Crippen molar-refractivity contribution in [1.82, 2.24) is 5.32 Å². The van der Waals surface area contributed by atoms with Crippen LogP contribution in [0.4, 0.5) is 5.69 Å². The van der Waals surface area contributed by atoms with Gasteiger partial charge in [-0.25, -0.2) is 0 Å². The molecule has 3 rings (SSSR count). The van der Waals surface area contributed by atoms with Crippen LogP contribution < -0.4 is 10.2 Å². The van der Waals surface area contributed by atoms with Crippen molar-refractivity contribution >= 4 is 46.4 Å². The standard InChI is InChI=1S/C20H19Cl2N3O2/c1-12-15-5-3-4-6-17(15)25(2)20(27)19(23-12)24-18(26)10-8-13-7-9-14(21)11-16(13)22/h3-7,9,11,19H,8,10H2,1-2H3,(H,24,26). The van der Waals surface area contributed by atoms with E-state index in [1.54, 1.807) is 25.2 Å². The Balaban J connectivity index is 1.70. The number of carbonyl (C=O) groups excluding carboxylic acids is 2. The summed E-state index contributed by atoms with van der Waals surface area (Å²) < 4.78 is 0. The second-order valence-corrected chi connectivity index (χ2v) is 7.18. The second kappa shape index (κ2) is 8.11. The van der Waals surface area contributed by atoms with E-state index < -0.39 is 6.17 Å². The first-order valence-electron chi connectivity index (χ1n) is 8.51. The molecule has 1 unspecified atom stereocenters. The van der Waals surface area contributed by atoms with E-state index in [1.807, 2.05) is 31.2 Å². The summed E-state index contributed by atoms with van der Waals surface area (Å²) in [7, 11) is 1.68. The predicted octanol–water partition coefficient (Wildman–Crippen LogP) is 3.85. The molecule has 0 spiro atoms. The first kappa shape index (κ1) is 19.4. The molecule has 1 heterocycles. The number of fused-ring (bicyclic) bond motifs is 1. The molecule has 1 N–H and O–H groups in total. The van der Waals surface area contributed by atoms with Crippen LogP contribution in [0.3, 0.4) is 0 Å². The van der Waals surface area contributed by atoms with Crippen LogP contribution in [0.1, 0.15) is 24.5 Å². The van der Waals surface area contributed by atoms with Gasteiger partial charge >= 0.3 is 0 Å². The van der Waals surface area contributed by atoms with Gasteiger partial charge in [0.2, 0.25) is 12.1 Å². The molecule has 0 radical (unpaired) electrons. The number of hydrogen-bond acceptors (Lipinski definition) is 3. The smallest absolute Gasteiger partial charge is 0.272 e. The zero-order chi connectivity index (χ0) is 19.6. The largest absolute Gasteiger partial charge is 0.327 e. The van der Waals surface area contributed by atoms with E-state index in [0.717, 1.165) is 16.8 Å². The van der Waals surface area contributed by atoms with E-state index in [9.17, 15) is 9.59 Å². The number of nitrogens with zero attached hydrogens (tertiary/aromatic N) is 2. The van der Waals surface area contributed by atoms with Crippen molar-refractivity contribution in [2.24, 2.45) is 4.99 Å². The highest BCUT2D eigenvalue weighted by atomic mass is 35.5. The monoisotopic (exact) mass is 403 g/mol. The van der Waals surface area contributed by atoms with Crippen LogP contribution in [0.5, 0.6) is 0 Å². The lowest BCUT2D eigenvalue weighted by atomic mass is 10.1. The molecule has 1 aliphatic rings. The molecule has 0 saturated carbocycles. The van der Waals surface area contributed by atoms with E-state index >= 15 is 0 Å². The number of rotatable bonds is 4. The van der Waals surface area contributed by atoms with Crippen LogP contribution in [0.15, 0.2) is 47.5 Å². The average molecular weight is 404 g/mol. The van der Waals surface area contributed by atoms with Gasteiger partial charge in [-0.15, -0.1) is 0 Å². The summed E-state index contributed by atoms with van der Waals surface area (Å²) in [5, 5.41) is 3.78. The minimum Gasteiger partial charge on any atom is -0.327 e. The molecule has 1 atom stereocenters. The van der Waals surface area contributed by atoms with Gasteiger partial charge in [-0.2, -0.15) is 0 Å². The Hall–Kier alpha value is -2.37. The predicted molar refractivity (Wildman–Crippen MR) is 109 cm³/mol. The van der Waals surface area contributed by atoms with Gasteiger partial charge in [0, 0.05) is 34.8 Å². The summed E-state index contributed by atoms with van der Waals surface area (Å²) >= 11 is 12.0. The lowest BCUT2D eigenvalue weighted by Crippen LogP contribution is -2.46. The fourth-order valence-corrected chi connectivity index (χ4v) is 3.49. The number of benzodiazepines with no additional fused rings is 1. The summed E-state index contributed by atoms with van der Waals surface area (Å²) in [6, 6.07) is 12.7. The van der Waals surface area contributed by atoms with Crippen LogP contribution >= 0.6 is 23.2 Å². The highest BCUT2D eigenvalue weighted by molar-refractivity contribution is 6.35. The number of anilines is 1. The number of para-hydroxylation sites is 1. The van der Waals surface area contributed by atoms with Crippen LogP contribution in [0, 0.1) is 0 Å². The van der Waals surface area contributed by atoms with Crippen LogP contribution in [0.2, 0.25) is 10.0 Å². The molecule has 2 aromatic carbocycles. The first-order valence-corrected chi connectivity index (χ1v) is 9.27. The number of hydrogen-bond donors (Lipinski definition) is 1. The summed E-state index contributed by atoms with van der Waals surface area (Å²) in [5.74, 6) is -0.549. The normalized spacial score (nSPS) is 16.4. The lowest BCUT2D eigenvalue weighted by molar-refractivity contribution is -0.127. The maximum absolute atomic E-state index is 12.7. The highest BCUT2D eigenvalue weighted by Crippen LogP contribution is 2.24. The Labute approximate surface area is 168 Å². The molecule has 2 amide bonds. The third-order valence-electron chi connectivity index (χ3n) is 4.48.